The van der Waals surface area contributed by atoms with Gasteiger partial charge in [-0.2, -0.15) is 0 Å². The molecule has 0 aliphatic heterocycles. The maximum atomic E-state index is 13.5. The Balaban J connectivity index is 2.66. The van der Waals surface area contributed by atoms with E-state index in [1.165, 1.54) is 19.2 Å². The van der Waals surface area contributed by atoms with Gasteiger partial charge in [-0.3, -0.25) is 0 Å². The molecule has 2 rings (SSSR count). The first-order valence-electron chi connectivity index (χ1n) is 10.5. The second kappa shape index (κ2) is 11.0. The van der Waals surface area contributed by atoms with Crippen LogP contribution in [0.5, 0.6) is 0 Å². The summed E-state index contributed by atoms with van der Waals surface area (Å²) in [5.41, 5.74) is 2.32. The summed E-state index contributed by atoms with van der Waals surface area (Å²) in [5.74, 6) is -0.431. The third-order valence-corrected chi connectivity index (χ3v) is 6.34. The van der Waals surface area contributed by atoms with Crippen LogP contribution in [0.1, 0.15) is 50.8 Å². The van der Waals surface area contributed by atoms with E-state index in [-0.39, 0.29) is 18.0 Å². The maximum Gasteiger partial charge on any atom is 0.239 e. The van der Waals surface area contributed by atoms with Gasteiger partial charge >= 0.3 is 0 Å². The highest BCUT2D eigenvalue weighted by molar-refractivity contribution is 7.92. The lowest BCUT2D eigenvalue weighted by Crippen LogP contribution is -2.27. The summed E-state index contributed by atoms with van der Waals surface area (Å²) in [6.07, 6.45) is 4.85. The van der Waals surface area contributed by atoms with E-state index in [1.807, 2.05) is 20.8 Å². The van der Waals surface area contributed by atoms with Gasteiger partial charge in [0, 0.05) is 31.7 Å². The van der Waals surface area contributed by atoms with Gasteiger partial charge in [0.15, 0.2) is 0 Å². The predicted molar refractivity (Wildman–Crippen MR) is 126 cm³/mol. The van der Waals surface area contributed by atoms with Crippen LogP contribution in [0.3, 0.4) is 0 Å². The van der Waals surface area contributed by atoms with Crippen LogP contribution in [0, 0.1) is 5.82 Å². The molecule has 2 aromatic rings. The van der Waals surface area contributed by atoms with Crippen LogP contribution < -0.4 is 4.31 Å². The first-order valence-corrected chi connectivity index (χ1v) is 12.3. The number of hydrogen-bond donors (Lipinski definition) is 1. The summed E-state index contributed by atoms with van der Waals surface area (Å²) in [7, 11) is -0.588. The summed E-state index contributed by atoms with van der Waals surface area (Å²) in [6.45, 7) is 5.86. The lowest BCUT2D eigenvalue weighted by Gasteiger charge is -2.20. The molecule has 7 nitrogen and oxygen atoms in total. The van der Waals surface area contributed by atoms with Crippen molar-refractivity contribution in [1.29, 1.82) is 0 Å². The van der Waals surface area contributed by atoms with Gasteiger partial charge in [-0.1, -0.05) is 32.9 Å². The molecule has 0 aliphatic rings. The zero-order chi connectivity index (χ0) is 24.1. The van der Waals surface area contributed by atoms with Gasteiger partial charge in [-0.15, -0.1) is 0 Å². The van der Waals surface area contributed by atoms with Gasteiger partial charge in [0.25, 0.3) is 0 Å². The number of aromatic nitrogens is 2. The number of rotatable bonds is 10. The topological polar surface area (TPSA) is 92.6 Å². The van der Waals surface area contributed by atoms with E-state index in [1.54, 1.807) is 31.4 Å². The summed E-state index contributed by atoms with van der Waals surface area (Å²) in [5, 5.41) is 10.5. The highest BCUT2D eigenvalue weighted by Crippen LogP contribution is 2.31. The minimum Gasteiger partial charge on any atom is -0.389 e. The van der Waals surface area contributed by atoms with E-state index in [0.29, 0.717) is 28.9 Å². The zero-order valence-corrected chi connectivity index (χ0v) is 20.2. The Morgan fingerprint density at radius 3 is 2.34 bits per heavy atom. The smallest absolute Gasteiger partial charge is 0.239 e. The molecule has 1 heterocycles. The standard InChI is InChI=1S/C23H32FN3O4S/c1-7-19(31-5)14-18(28)12-13-20-21(15(2)3)25-23(27(4)32(6,29)30)26-22(20)16-8-10-17(24)11-9-16/h8-13,15,18-19,28H,7,14H2,1-6H3/b13-12+/t18-,19?/m1/s1. The number of ether oxygens (including phenoxy) is 1. The van der Waals surface area contributed by atoms with Gasteiger partial charge in [0.05, 0.1) is 29.9 Å². The van der Waals surface area contributed by atoms with Crippen molar-refractivity contribution in [3.05, 3.63) is 47.4 Å². The summed E-state index contributed by atoms with van der Waals surface area (Å²) < 4.78 is 44.1. The first kappa shape index (κ1) is 25.9. The Labute approximate surface area is 190 Å². The van der Waals surface area contributed by atoms with Gasteiger partial charge in [0.2, 0.25) is 16.0 Å². The Bertz CT molecular complexity index is 1040. The summed E-state index contributed by atoms with van der Waals surface area (Å²) >= 11 is 0. The Hall–Kier alpha value is -2.36. The van der Waals surface area contributed by atoms with E-state index >= 15 is 0 Å². The van der Waals surface area contributed by atoms with Crippen LogP contribution in [0.4, 0.5) is 10.3 Å². The molecule has 1 aromatic heterocycles. The van der Waals surface area contributed by atoms with Crippen molar-refractivity contribution in [2.75, 3.05) is 24.7 Å². The average Bonchev–Trinajstić information content (AvgIpc) is 2.74. The highest BCUT2D eigenvalue weighted by Gasteiger charge is 2.22. The van der Waals surface area contributed by atoms with E-state index < -0.39 is 21.9 Å². The molecule has 32 heavy (non-hydrogen) atoms. The van der Waals surface area contributed by atoms with Gasteiger partial charge in [-0.05, 0) is 36.6 Å². The van der Waals surface area contributed by atoms with Gasteiger partial charge < -0.3 is 9.84 Å². The van der Waals surface area contributed by atoms with Crippen molar-refractivity contribution in [3.63, 3.8) is 0 Å². The SMILES string of the molecule is CCC(C[C@H](O)/C=C/c1c(-c2ccc(F)cc2)nc(N(C)S(C)(=O)=O)nc1C(C)C)OC. The minimum atomic E-state index is -3.59. The van der Waals surface area contributed by atoms with E-state index in [4.69, 9.17) is 4.74 Å². The van der Waals surface area contributed by atoms with Crippen molar-refractivity contribution in [2.24, 2.45) is 0 Å². The molecule has 0 saturated heterocycles. The molecule has 0 aliphatic carbocycles. The van der Waals surface area contributed by atoms with Crippen LogP contribution in [-0.4, -0.2) is 56.1 Å². The lowest BCUT2D eigenvalue weighted by atomic mass is 9.97. The van der Waals surface area contributed by atoms with Crippen molar-refractivity contribution in [1.82, 2.24) is 9.97 Å². The van der Waals surface area contributed by atoms with E-state index in [0.717, 1.165) is 17.0 Å². The molecule has 0 fully saturated rings. The number of benzene rings is 1. The first-order chi connectivity index (χ1) is 15.0. The fraction of sp³-hybridized carbons (Fsp3) is 0.478. The van der Waals surface area contributed by atoms with Crippen LogP contribution in [0.15, 0.2) is 30.3 Å². The molecule has 1 N–H and O–H groups in total. The molecule has 176 valence electrons. The number of halogens is 1. The fourth-order valence-corrected chi connectivity index (χ4v) is 3.56. The van der Waals surface area contributed by atoms with E-state index in [9.17, 15) is 17.9 Å². The second-order valence-corrected chi connectivity index (χ2v) is 10.0. The molecule has 0 spiro atoms. The second-order valence-electron chi connectivity index (χ2n) is 7.99. The zero-order valence-electron chi connectivity index (χ0n) is 19.4. The molecule has 0 amide bonds. The van der Waals surface area contributed by atoms with Crippen molar-refractivity contribution in [2.45, 2.75) is 51.7 Å². The Morgan fingerprint density at radius 2 is 1.84 bits per heavy atom. The lowest BCUT2D eigenvalue weighted by molar-refractivity contribution is 0.0579. The molecule has 1 unspecified atom stereocenters. The molecule has 1 aromatic carbocycles. The average molecular weight is 466 g/mol. The monoisotopic (exact) mass is 465 g/mol. The number of nitrogens with zero attached hydrogens (tertiary/aromatic N) is 3. The largest absolute Gasteiger partial charge is 0.389 e. The molecule has 0 saturated carbocycles. The molecule has 9 heteroatoms. The van der Waals surface area contributed by atoms with Crippen LogP contribution >= 0.6 is 0 Å². The Morgan fingerprint density at radius 1 is 1.22 bits per heavy atom. The third-order valence-electron chi connectivity index (χ3n) is 5.19. The number of methoxy groups -OCH3 is 1. The summed E-state index contributed by atoms with van der Waals surface area (Å²) in [6, 6.07) is 5.80. The number of anilines is 1. The molecule has 2 atom stereocenters. The van der Waals surface area contributed by atoms with Crippen LogP contribution in [0.25, 0.3) is 17.3 Å². The van der Waals surface area contributed by atoms with Crippen molar-refractivity contribution < 1.29 is 22.7 Å². The number of aliphatic hydroxyl groups excluding tert-OH is 1. The summed E-state index contributed by atoms with van der Waals surface area (Å²) in [4.78, 5) is 9.03. The normalized spacial score (nSPS) is 14.2. The predicted octanol–water partition coefficient (Wildman–Crippen LogP) is 3.99. The third kappa shape index (κ3) is 6.57. The number of hydrogen-bond acceptors (Lipinski definition) is 6. The number of aliphatic hydroxyl groups is 1. The van der Waals surface area contributed by atoms with Crippen molar-refractivity contribution in [3.8, 4) is 11.3 Å². The van der Waals surface area contributed by atoms with Crippen LogP contribution in [0.2, 0.25) is 0 Å². The van der Waals surface area contributed by atoms with Gasteiger partial charge in [-0.25, -0.2) is 27.1 Å². The highest BCUT2D eigenvalue weighted by atomic mass is 32.2. The maximum absolute atomic E-state index is 13.5. The minimum absolute atomic E-state index is 0.0265. The molecule has 0 radical (unpaired) electrons. The Kier molecular flexibility index (Phi) is 8.89. The van der Waals surface area contributed by atoms with Crippen LogP contribution in [-0.2, 0) is 14.8 Å². The molecule has 0 bridgehead atoms. The van der Waals surface area contributed by atoms with E-state index in [2.05, 4.69) is 9.97 Å². The molecular formula is C23H32FN3O4S. The van der Waals surface area contributed by atoms with Crippen molar-refractivity contribution >= 4 is 22.0 Å². The van der Waals surface area contributed by atoms with Gasteiger partial charge in [0.1, 0.15) is 5.82 Å². The molecular weight excluding hydrogens is 433 g/mol. The quantitative estimate of drug-likeness (QED) is 0.570. The fourth-order valence-electron chi connectivity index (χ4n) is 3.18. The number of sulfonamides is 1.